The van der Waals surface area contributed by atoms with Gasteiger partial charge in [0.05, 0.1) is 6.61 Å². The van der Waals surface area contributed by atoms with Crippen LogP contribution in [0.5, 0.6) is 0 Å². The van der Waals surface area contributed by atoms with Gasteiger partial charge in [0.15, 0.2) is 0 Å². The second kappa shape index (κ2) is 5.95. The Balaban J connectivity index is 2.30. The van der Waals surface area contributed by atoms with Crippen LogP contribution in [0.15, 0.2) is 0 Å². The fourth-order valence-corrected chi connectivity index (χ4v) is 2.36. The molecular formula is C11H21NO3. The van der Waals surface area contributed by atoms with Gasteiger partial charge in [0.25, 0.3) is 0 Å². The van der Waals surface area contributed by atoms with Crippen LogP contribution in [-0.2, 0) is 4.74 Å². The third-order valence-electron chi connectivity index (χ3n) is 3.38. The Morgan fingerprint density at radius 2 is 2.27 bits per heavy atom. The molecule has 3 atom stereocenters. The first-order valence-electron chi connectivity index (χ1n) is 5.73. The Morgan fingerprint density at radius 3 is 2.80 bits per heavy atom. The Kier molecular flexibility index (Phi) is 4.88. The predicted molar refractivity (Wildman–Crippen MR) is 57.5 cm³/mol. The first-order chi connectivity index (χ1) is 7.19. The molecule has 2 N–H and O–H groups in total. The van der Waals surface area contributed by atoms with Gasteiger partial charge in [-0.25, -0.2) is 4.79 Å². The van der Waals surface area contributed by atoms with E-state index in [9.17, 15) is 4.79 Å². The molecular weight excluding hydrogens is 194 g/mol. The third kappa shape index (κ3) is 3.38. The minimum absolute atomic E-state index is 0.0736. The van der Waals surface area contributed by atoms with Crippen molar-refractivity contribution in [3.05, 3.63) is 0 Å². The van der Waals surface area contributed by atoms with Gasteiger partial charge in [-0.05, 0) is 24.7 Å². The summed E-state index contributed by atoms with van der Waals surface area (Å²) in [6.07, 6.45) is 2.99. The summed E-state index contributed by atoms with van der Waals surface area (Å²) in [5, 5.41) is 11.4. The number of aliphatic hydroxyl groups is 1. The molecule has 0 heterocycles. The van der Waals surface area contributed by atoms with Crippen LogP contribution >= 0.6 is 0 Å². The standard InChI is InChI=1S/C11H21NO3/c1-3-9-4-5-10(8(9)2)12-11(14)15-7-6-13/h8-10,13H,3-7H2,1-2H3,(H,12,14). The largest absolute Gasteiger partial charge is 0.447 e. The summed E-state index contributed by atoms with van der Waals surface area (Å²) in [5.41, 5.74) is 0. The summed E-state index contributed by atoms with van der Waals surface area (Å²) < 4.78 is 4.77. The molecule has 1 rings (SSSR count). The van der Waals surface area contributed by atoms with E-state index in [2.05, 4.69) is 19.2 Å². The number of aliphatic hydroxyl groups excluding tert-OH is 1. The number of carbonyl (C=O) groups is 1. The molecule has 1 saturated carbocycles. The van der Waals surface area contributed by atoms with Crippen LogP contribution in [0, 0.1) is 11.8 Å². The van der Waals surface area contributed by atoms with E-state index < -0.39 is 6.09 Å². The van der Waals surface area contributed by atoms with Gasteiger partial charge in [0, 0.05) is 6.04 Å². The van der Waals surface area contributed by atoms with Crippen molar-refractivity contribution in [3.8, 4) is 0 Å². The lowest BCUT2D eigenvalue weighted by atomic mass is 9.94. The first-order valence-corrected chi connectivity index (χ1v) is 5.73. The van der Waals surface area contributed by atoms with Crippen LogP contribution in [0.3, 0.4) is 0 Å². The van der Waals surface area contributed by atoms with Gasteiger partial charge in [0.1, 0.15) is 6.61 Å². The highest BCUT2D eigenvalue weighted by Crippen LogP contribution is 2.33. The molecule has 0 bridgehead atoms. The van der Waals surface area contributed by atoms with Crippen molar-refractivity contribution in [2.75, 3.05) is 13.2 Å². The predicted octanol–water partition coefficient (Wildman–Crippen LogP) is 1.53. The fourth-order valence-electron chi connectivity index (χ4n) is 2.36. The van der Waals surface area contributed by atoms with Crippen molar-refractivity contribution >= 4 is 6.09 Å². The van der Waals surface area contributed by atoms with Gasteiger partial charge in [-0.1, -0.05) is 20.3 Å². The second-order valence-electron chi connectivity index (χ2n) is 4.22. The molecule has 0 saturated heterocycles. The molecule has 1 aliphatic carbocycles. The number of ether oxygens (including phenoxy) is 1. The fraction of sp³-hybridized carbons (Fsp3) is 0.909. The summed E-state index contributed by atoms with van der Waals surface area (Å²) in [7, 11) is 0. The van der Waals surface area contributed by atoms with Crippen LogP contribution < -0.4 is 5.32 Å². The van der Waals surface area contributed by atoms with Crippen molar-refractivity contribution in [3.63, 3.8) is 0 Å². The molecule has 15 heavy (non-hydrogen) atoms. The van der Waals surface area contributed by atoms with Crippen molar-refractivity contribution in [2.45, 2.75) is 39.2 Å². The maximum absolute atomic E-state index is 11.3. The molecule has 1 aliphatic rings. The third-order valence-corrected chi connectivity index (χ3v) is 3.38. The topological polar surface area (TPSA) is 58.6 Å². The number of hydrogen-bond acceptors (Lipinski definition) is 3. The zero-order valence-corrected chi connectivity index (χ0v) is 9.53. The minimum Gasteiger partial charge on any atom is -0.447 e. The highest BCUT2D eigenvalue weighted by atomic mass is 16.6. The van der Waals surface area contributed by atoms with Crippen LogP contribution in [0.1, 0.15) is 33.1 Å². The lowest BCUT2D eigenvalue weighted by molar-refractivity contribution is 0.114. The Bertz CT molecular complexity index is 208. The Labute approximate surface area is 91.0 Å². The van der Waals surface area contributed by atoms with Gasteiger partial charge < -0.3 is 15.2 Å². The van der Waals surface area contributed by atoms with Crippen LogP contribution in [0.25, 0.3) is 0 Å². The van der Waals surface area contributed by atoms with E-state index in [4.69, 9.17) is 9.84 Å². The molecule has 0 aromatic rings. The summed E-state index contributed by atoms with van der Waals surface area (Å²) in [5.74, 6) is 1.24. The monoisotopic (exact) mass is 215 g/mol. The number of alkyl carbamates (subject to hydrolysis) is 1. The molecule has 88 valence electrons. The second-order valence-corrected chi connectivity index (χ2v) is 4.22. The lowest BCUT2D eigenvalue weighted by Gasteiger charge is -2.20. The highest BCUT2D eigenvalue weighted by molar-refractivity contribution is 5.67. The van der Waals surface area contributed by atoms with E-state index in [1.54, 1.807) is 0 Å². The van der Waals surface area contributed by atoms with Crippen molar-refractivity contribution < 1.29 is 14.6 Å². The van der Waals surface area contributed by atoms with Gasteiger partial charge in [-0.3, -0.25) is 0 Å². The summed E-state index contributed by atoms with van der Waals surface area (Å²) in [6, 6.07) is 0.237. The summed E-state index contributed by atoms with van der Waals surface area (Å²) in [4.78, 5) is 11.3. The molecule has 3 unspecified atom stereocenters. The molecule has 0 aromatic carbocycles. The SMILES string of the molecule is CCC1CCC(NC(=O)OCCO)C1C. The number of rotatable bonds is 4. The smallest absolute Gasteiger partial charge is 0.407 e. The number of carbonyl (C=O) groups excluding carboxylic acids is 1. The molecule has 4 nitrogen and oxygen atoms in total. The highest BCUT2D eigenvalue weighted by Gasteiger charge is 2.32. The van der Waals surface area contributed by atoms with Crippen LogP contribution in [0.2, 0.25) is 0 Å². The Hall–Kier alpha value is -0.770. The summed E-state index contributed by atoms with van der Waals surface area (Å²) in [6.45, 7) is 4.32. The van der Waals surface area contributed by atoms with E-state index in [0.29, 0.717) is 11.8 Å². The molecule has 0 spiro atoms. The quantitative estimate of drug-likeness (QED) is 0.747. The molecule has 4 heteroatoms. The summed E-state index contributed by atoms with van der Waals surface area (Å²) >= 11 is 0. The first kappa shape index (κ1) is 12.3. The van der Waals surface area contributed by atoms with E-state index in [1.165, 1.54) is 12.8 Å². The van der Waals surface area contributed by atoms with Crippen molar-refractivity contribution in [2.24, 2.45) is 11.8 Å². The number of hydrogen-bond donors (Lipinski definition) is 2. The zero-order valence-electron chi connectivity index (χ0n) is 9.53. The number of amides is 1. The number of nitrogens with one attached hydrogen (secondary N) is 1. The van der Waals surface area contributed by atoms with E-state index in [0.717, 1.165) is 6.42 Å². The van der Waals surface area contributed by atoms with Crippen molar-refractivity contribution in [1.29, 1.82) is 0 Å². The molecule has 1 fully saturated rings. The van der Waals surface area contributed by atoms with Gasteiger partial charge >= 0.3 is 6.09 Å². The van der Waals surface area contributed by atoms with E-state index in [1.807, 2.05) is 0 Å². The van der Waals surface area contributed by atoms with Gasteiger partial charge in [0.2, 0.25) is 0 Å². The zero-order chi connectivity index (χ0) is 11.3. The maximum Gasteiger partial charge on any atom is 0.407 e. The van der Waals surface area contributed by atoms with E-state index >= 15 is 0 Å². The van der Waals surface area contributed by atoms with Crippen LogP contribution in [0.4, 0.5) is 4.79 Å². The average molecular weight is 215 g/mol. The maximum atomic E-state index is 11.3. The van der Waals surface area contributed by atoms with Gasteiger partial charge in [-0.2, -0.15) is 0 Å². The van der Waals surface area contributed by atoms with E-state index in [-0.39, 0.29) is 19.3 Å². The van der Waals surface area contributed by atoms with Gasteiger partial charge in [-0.15, -0.1) is 0 Å². The molecule has 0 aromatic heterocycles. The molecule has 1 amide bonds. The lowest BCUT2D eigenvalue weighted by Crippen LogP contribution is -2.38. The molecule has 0 aliphatic heterocycles. The molecule has 0 radical (unpaired) electrons. The minimum atomic E-state index is -0.405. The Morgan fingerprint density at radius 1 is 1.53 bits per heavy atom. The normalized spacial score (nSPS) is 30.2. The van der Waals surface area contributed by atoms with Crippen LogP contribution in [-0.4, -0.2) is 30.5 Å². The average Bonchev–Trinajstić information content (AvgIpc) is 2.57. The van der Waals surface area contributed by atoms with Crippen molar-refractivity contribution in [1.82, 2.24) is 5.32 Å².